The number of nitrogens with zero attached hydrogens (tertiary/aromatic N) is 3. The number of phenols is 1. The molecule has 0 fully saturated rings. The number of aromatic hydroxyl groups is 1. The summed E-state index contributed by atoms with van der Waals surface area (Å²) in [5, 5.41) is 11.0. The topological polar surface area (TPSA) is 69.2 Å². The Kier molecular flexibility index (Phi) is 4.69. The normalized spacial score (nSPS) is 11.9. The standard InChI is InChI=1S/C25H27N3O3/c1-15-7-12-20(29)18(13-15)28-14-19-21(23(30)27(6)24(31)26(19)5)22(28)16-8-10-17(11-9-16)25(2,3)4/h7-14,29H,1-6H3. The van der Waals surface area contributed by atoms with Gasteiger partial charge in [-0.25, -0.2) is 4.79 Å². The first-order valence-corrected chi connectivity index (χ1v) is 10.2. The maximum atomic E-state index is 13.2. The molecule has 0 aliphatic rings. The van der Waals surface area contributed by atoms with Gasteiger partial charge < -0.3 is 9.67 Å². The van der Waals surface area contributed by atoms with Crippen molar-refractivity contribution in [1.82, 2.24) is 13.7 Å². The van der Waals surface area contributed by atoms with E-state index in [1.807, 2.05) is 31.2 Å². The van der Waals surface area contributed by atoms with Gasteiger partial charge in [-0.05, 0) is 41.2 Å². The molecule has 160 valence electrons. The first-order valence-electron chi connectivity index (χ1n) is 10.2. The summed E-state index contributed by atoms with van der Waals surface area (Å²) in [5.41, 5.74) is 3.95. The largest absolute Gasteiger partial charge is 0.506 e. The minimum atomic E-state index is -0.391. The second-order valence-corrected chi connectivity index (χ2v) is 9.13. The van der Waals surface area contributed by atoms with E-state index in [9.17, 15) is 14.7 Å². The Balaban J connectivity index is 2.15. The molecular formula is C25H27N3O3. The van der Waals surface area contributed by atoms with E-state index in [1.165, 1.54) is 17.2 Å². The lowest BCUT2D eigenvalue weighted by Crippen LogP contribution is -2.36. The number of hydrogen-bond acceptors (Lipinski definition) is 3. The van der Waals surface area contributed by atoms with Gasteiger partial charge in [-0.3, -0.25) is 13.9 Å². The SMILES string of the molecule is Cc1ccc(O)c(-n2cc3c(c2-c2ccc(C(C)(C)C)cc2)c(=O)n(C)c(=O)n3C)c1. The third-order valence-corrected chi connectivity index (χ3v) is 5.85. The highest BCUT2D eigenvalue weighted by molar-refractivity contribution is 5.95. The van der Waals surface area contributed by atoms with Crippen LogP contribution in [0.3, 0.4) is 0 Å². The van der Waals surface area contributed by atoms with Crippen molar-refractivity contribution in [3.63, 3.8) is 0 Å². The van der Waals surface area contributed by atoms with Crippen molar-refractivity contribution in [3.8, 4) is 22.7 Å². The van der Waals surface area contributed by atoms with Crippen LogP contribution in [0.2, 0.25) is 0 Å². The van der Waals surface area contributed by atoms with Crippen molar-refractivity contribution >= 4 is 10.9 Å². The molecule has 0 bridgehead atoms. The van der Waals surface area contributed by atoms with Crippen molar-refractivity contribution in [2.75, 3.05) is 0 Å². The Morgan fingerprint density at radius 1 is 0.903 bits per heavy atom. The predicted molar refractivity (Wildman–Crippen MR) is 124 cm³/mol. The van der Waals surface area contributed by atoms with Gasteiger partial charge in [0.1, 0.15) is 5.75 Å². The van der Waals surface area contributed by atoms with E-state index < -0.39 is 5.69 Å². The Morgan fingerprint density at radius 3 is 2.16 bits per heavy atom. The van der Waals surface area contributed by atoms with E-state index in [-0.39, 0.29) is 16.7 Å². The second-order valence-electron chi connectivity index (χ2n) is 9.13. The van der Waals surface area contributed by atoms with E-state index in [1.54, 1.807) is 23.9 Å². The Hall–Kier alpha value is -3.54. The minimum absolute atomic E-state index is 0.00254. The lowest BCUT2D eigenvalue weighted by Gasteiger charge is -2.19. The molecule has 6 heteroatoms. The molecule has 0 atom stereocenters. The second kappa shape index (κ2) is 7.01. The van der Waals surface area contributed by atoms with Crippen molar-refractivity contribution in [2.24, 2.45) is 14.1 Å². The summed E-state index contributed by atoms with van der Waals surface area (Å²) >= 11 is 0. The molecule has 31 heavy (non-hydrogen) atoms. The zero-order chi connectivity index (χ0) is 22.7. The van der Waals surface area contributed by atoms with E-state index >= 15 is 0 Å². The summed E-state index contributed by atoms with van der Waals surface area (Å²) in [4.78, 5) is 25.7. The molecule has 1 N–H and O–H groups in total. The molecule has 2 aromatic heterocycles. The third-order valence-electron chi connectivity index (χ3n) is 5.85. The predicted octanol–water partition coefficient (Wildman–Crippen LogP) is 4.01. The van der Waals surface area contributed by atoms with Gasteiger partial charge in [-0.2, -0.15) is 0 Å². The lowest BCUT2D eigenvalue weighted by atomic mass is 9.86. The molecule has 4 rings (SSSR count). The fourth-order valence-electron chi connectivity index (χ4n) is 3.97. The summed E-state index contributed by atoms with van der Waals surface area (Å²) < 4.78 is 4.39. The van der Waals surface area contributed by atoms with Gasteiger partial charge in [0.2, 0.25) is 0 Å². The Morgan fingerprint density at radius 2 is 1.55 bits per heavy atom. The van der Waals surface area contributed by atoms with Gasteiger partial charge >= 0.3 is 5.69 Å². The van der Waals surface area contributed by atoms with Crippen LogP contribution < -0.4 is 11.2 Å². The molecular weight excluding hydrogens is 390 g/mol. The van der Waals surface area contributed by atoms with Gasteiger partial charge in [-0.1, -0.05) is 51.1 Å². The smallest absolute Gasteiger partial charge is 0.330 e. The molecule has 0 spiro atoms. The third kappa shape index (κ3) is 3.28. The summed E-state index contributed by atoms with van der Waals surface area (Å²) in [5.74, 6) is 0.0975. The molecule has 0 aliphatic carbocycles. The zero-order valence-electron chi connectivity index (χ0n) is 18.7. The van der Waals surface area contributed by atoms with Crippen LogP contribution in [0.15, 0.2) is 58.3 Å². The van der Waals surface area contributed by atoms with Crippen LogP contribution in [0, 0.1) is 6.92 Å². The van der Waals surface area contributed by atoms with Gasteiger partial charge in [0.05, 0.1) is 22.3 Å². The Labute approximate surface area is 180 Å². The van der Waals surface area contributed by atoms with Gasteiger partial charge in [0, 0.05) is 20.3 Å². The molecule has 0 unspecified atom stereocenters. The van der Waals surface area contributed by atoms with Crippen LogP contribution in [0.25, 0.3) is 27.8 Å². The highest BCUT2D eigenvalue weighted by Crippen LogP contribution is 2.35. The number of fused-ring (bicyclic) bond motifs is 1. The summed E-state index contributed by atoms with van der Waals surface area (Å²) in [6, 6.07) is 13.4. The number of aryl methyl sites for hydroxylation is 2. The summed E-state index contributed by atoms with van der Waals surface area (Å²) in [7, 11) is 3.13. The minimum Gasteiger partial charge on any atom is -0.506 e. The molecule has 2 heterocycles. The van der Waals surface area contributed by atoms with Crippen molar-refractivity contribution in [1.29, 1.82) is 0 Å². The zero-order valence-corrected chi connectivity index (χ0v) is 18.7. The first kappa shape index (κ1) is 20.7. The summed E-state index contributed by atoms with van der Waals surface area (Å²) in [6.07, 6.45) is 1.75. The van der Waals surface area contributed by atoms with Crippen LogP contribution in [0.5, 0.6) is 5.75 Å². The van der Waals surface area contributed by atoms with E-state index in [4.69, 9.17) is 0 Å². The molecule has 0 radical (unpaired) electrons. The average Bonchev–Trinajstić information content (AvgIpc) is 3.12. The molecule has 0 amide bonds. The fourth-order valence-corrected chi connectivity index (χ4v) is 3.97. The Bertz CT molecular complexity index is 1430. The van der Waals surface area contributed by atoms with E-state index in [2.05, 4.69) is 32.9 Å². The molecule has 0 saturated carbocycles. The maximum absolute atomic E-state index is 13.2. The average molecular weight is 418 g/mol. The first-order chi connectivity index (χ1) is 14.5. The number of rotatable bonds is 2. The van der Waals surface area contributed by atoms with Crippen LogP contribution in [0.1, 0.15) is 31.9 Å². The molecule has 4 aromatic rings. The van der Waals surface area contributed by atoms with Crippen LogP contribution in [-0.4, -0.2) is 18.8 Å². The monoisotopic (exact) mass is 417 g/mol. The highest BCUT2D eigenvalue weighted by Gasteiger charge is 2.22. The molecule has 6 nitrogen and oxygen atoms in total. The quantitative estimate of drug-likeness (QED) is 0.536. The number of aromatic nitrogens is 3. The fraction of sp³-hybridized carbons (Fsp3) is 0.280. The molecule has 0 aliphatic heterocycles. The van der Waals surface area contributed by atoms with Crippen molar-refractivity contribution < 1.29 is 5.11 Å². The van der Waals surface area contributed by atoms with Gasteiger partial charge in [0.15, 0.2) is 0 Å². The van der Waals surface area contributed by atoms with E-state index in [0.29, 0.717) is 22.3 Å². The highest BCUT2D eigenvalue weighted by atomic mass is 16.3. The lowest BCUT2D eigenvalue weighted by molar-refractivity contribution is 0.472. The molecule has 0 saturated heterocycles. The van der Waals surface area contributed by atoms with E-state index in [0.717, 1.165) is 15.7 Å². The van der Waals surface area contributed by atoms with Crippen molar-refractivity contribution in [3.05, 3.63) is 80.6 Å². The molecule has 2 aromatic carbocycles. The van der Waals surface area contributed by atoms with Crippen LogP contribution in [0.4, 0.5) is 0 Å². The maximum Gasteiger partial charge on any atom is 0.330 e. The van der Waals surface area contributed by atoms with Gasteiger partial charge in [-0.15, -0.1) is 0 Å². The number of phenolic OH excluding ortho intramolecular Hbond substituents is 1. The number of benzene rings is 2. The summed E-state index contributed by atoms with van der Waals surface area (Å²) in [6.45, 7) is 8.39. The van der Waals surface area contributed by atoms with Gasteiger partial charge in [0.25, 0.3) is 5.56 Å². The van der Waals surface area contributed by atoms with Crippen LogP contribution >= 0.6 is 0 Å². The van der Waals surface area contributed by atoms with Crippen molar-refractivity contribution in [2.45, 2.75) is 33.1 Å². The number of hydrogen-bond donors (Lipinski definition) is 1. The van der Waals surface area contributed by atoms with Crippen LogP contribution in [-0.2, 0) is 19.5 Å².